The summed E-state index contributed by atoms with van der Waals surface area (Å²) in [6, 6.07) is 12.5. The second-order valence-electron chi connectivity index (χ2n) is 7.33. The van der Waals surface area contributed by atoms with Gasteiger partial charge in [0.25, 0.3) is 5.89 Å². The van der Waals surface area contributed by atoms with Crippen LogP contribution in [0.5, 0.6) is 0 Å². The number of hydrogen-bond acceptors (Lipinski definition) is 7. The van der Waals surface area contributed by atoms with E-state index < -0.39 is 0 Å². The summed E-state index contributed by atoms with van der Waals surface area (Å²) in [6.45, 7) is 3.20. The van der Waals surface area contributed by atoms with E-state index in [1.165, 1.54) is 11.1 Å². The molecule has 0 aliphatic carbocycles. The van der Waals surface area contributed by atoms with E-state index in [0.29, 0.717) is 18.3 Å². The van der Waals surface area contributed by atoms with Crippen LogP contribution in [0.15, 0.2) is 47.1 Å². The summed E-state index contributed by atoms with van der Waals surface area (Å²) in [7, 11) is 0. The Hall–Kier alpha value is -3.40. The van der Waals surface area contributed by atoms with Gasteiger partial charge in [-0.05, 0) is 36.1 Å². The van der Waals surface area contributed by atoms with Gasteiger partial charge in [0.15, 0.2) is 12.0 Å². The number of anilines is 1. The molecule has 0 spiro atoms. The van der Waals surface area contributed by atoms with Crippen LogP contribution in [-0.4, -0.2) is 39.7 Å². The van der Waals surface area contributed by atoms with Crippen molar-refractivity contribution in [1.29, 1.82) is 5.26 Å². The second-order valence-corrected chi connectivity index (χ2v) is 7.33. The fourth-order valence-corrected chi connectivity index (χ4v) is 4.00. The average Bonchev–Trinajstić information content (AvgIpc) is 3.43. The maximum absolute atomic E-state index is 9.03. The van der Waals surface area contributed by atoms with Gasteiger partial charge in [0.1, 0.15) is 5.82 Å². The van der Waals surface area contributed by atoms with Gasteiger partial charge in [-0.1, -0.05) is 29.4 Å². The lowest BCUT2D eigenvalue weighted by Crippen LogP contribution is -2.30. The van der Waals surface area contributed by atoms with Crippen LogP contribution in [0, 0.1) is 11.5 Å². The fraction of sp³-hybridized carbons (Fsp3) is 0.333. The number of pyridine rings is 1. The molecule has 5 rings (SSSR count). The summed E-state index contributed by atoms with van der Waals surface area (Å²) in [5.74, 6) is 2.25. The largest absolute Gasteiger partial charge is 0.352 e. The quantitative estimate of drug-likeness (QED) is 0.654. The molecule has 0 amide bonds. The van der Waals surface area contributed by atoms with Crippen molar-refractivity contribution in [3.63, 3.8) is 0 Å². The monoisotopic (exact) mass is 372 g/mol. The van der Waals surface area contributed by atoms with Gasteiger partial charge in [-0.15, -0.1) is 0 Å². The van der Waals surface area contributed by atoms with Crippen LogP contribution in [0.3, 0.4) is 0 Å². The molecule has 1 unspecified atom stereocenters. The van der Waals surface area contributed by atoms with E-state index in [0.717, 1.165) is 43.9 Å². The third kappa shape index (κ3) is 3.07. The van der Waals surface area contributed by atoms with E-state index in [1.807, 2.05) is 12.1 Å². The maximum atomic E-state index is 9.03. The van der Waals surface area contributed by atoms with Crippen LogP contribution in [0.4, 0.5) is 5.82 Å². The van der Waals surface area contributed by atoms with Crippen molar-refractivity contribution in [3.05, 3.63) is 59.5 Å². The molecule has 0 radical (unpaired) electrons. The summed E-state index contributed by atoms with van der Waals surface area (Å²) in [5, 5.41) is 13.2. The zero-order chi connectivity index (χ0) is 18.9. The highest BCUT2D eigenvalue weighted by molar-refractivity contribution is 5.59. The van der Waals surface area contributed by atoms with E-state index in [-0.39, 0.29) is 5.92 Å². The highest BCUT2D eigenvalue weighted by Gasteiger charge is 2.27. The highest BCUT2D eigenvalue weighted by atomic mass is 16.5. The first-order valence-corrected chi connectivity index (χ1v) is 9.56. The molecular weight excluding hydrogens is 352 g/mol. The number of fused-ring (bicyclic) bond motifs is 1. The molecule has 7 nitrogen and oxygen atoms in total. The third-order valence-corrected chi connectivity index (χ3v) is 5.58. The zero-order valence-electron chi connectivity index (χ0n) is 15.5. The minimum Gasteiger partial charge on any atom is -0.352 e. The van der Waals surface area contributed by atoms with Crippen LogP contribution >= 0.6 is 0 Å². The topological polar surface area (TPSA) is 82.1 Å². The van der Waals surface area contributed by atoms with Gasteiger partial charge >= 0.3 is 0 Å². The van der Waals surface area contributed by atoms with Gasteiger partial charge in [0, 0.05) is 43.9 Å². The number of nitriles is 1. The molecule has 1 fully saturated rings. The van der Waals surface area contributed by atoms with E-state index in [2.05, 4.69) is 50.5 Å². The standard InChI is InChI=1S/C21H20N6O/c22-14-26-9-6-18(12-26)20-24-21(28-25-20)16-5-8-23-19(11-16)27-10-7-15-3-1-2-4-17(15)13-27/h1-5,8,11,18H,6-7,9-10,12-13H2. The molecule has 140 valence electrons. The average molecular weight is 372 g/mol. The second kappa shape index (κ2) is 6.97. The summed E-state index contributed by atoms with van der Waals surface area (Å²) in [6.07, 6.45) is 5.87. The first-order valence-electron chi connectivity index (χ1n) is 9.56. The summed E-state index contributed by atoms with van der Waals surface area (Å²) < 4.78 is 5.52. The van der Waals surface area contributed by atoms with Crippen molar-refractivity contribution in [3.8, 4) is 17.6 Å². The Morgan fingerprint density at radius 2 is 2.04 bits per heavy atom. The minimum absolute atomic E-state index is 0.150. The molecule has 0 N–H and O–H groups in total. The van der Waals surface area contributed by atoms with Gasteiger partial charge < -0.3 is 14.3 Å². The Kier molecular flexibility index (Phi) is 4.17. The van der Waals surface area contributed by atoms with Gasteiger partial charge in [0.05, 0.1) is 0 Å². The van der Waals surface area contributed by atoms with Crippen molar-refractivity contribution >= 4 is 5.82 Å². The first kappa shape index (κ1) is 16.8. The number of nitrogens with zero attached hydrogens (tertiary/aromatic N) is 6. The summed E-state index contributed by atoms with van der Waals surface area (Å²) in [4.78, 5) is 13.2. The SMILES string of the molecule is N#CN1CCC(c2noc(-c3ccnc(N4CCc5ccccc5C4)c3)n2)C1. The van der Waals surface area contributed by atoms with Crippen molar-refractivity contribution in [2.75, 3.05) is 24.5 Å². The molecule has 2 aliphatic rings. The number of hydrogen-bond donors (Lipinski definition) is 0. The molecule has 0 bridgehead atoms. The molecule has 2 aliphatic heterocycles. The molecule has 7 heteroatoms. The van der Waals surface area contributed by atoms with Gasteiger partial charge in [-0.3, -0.25) is 0 Å². The molecule has 0 saturated carbocycles. The lowest BCUT2D eigenvalue weighted by atomic mass is 10.00. The van der Waals surface area contributed by atoms with Crippen LogP contribution in [0.1, 0.15) is 29.3 Å². The highest BCUT2D eigenvalue weighted by Crippen LogP contribution is 2.29. The van der Waals surface area contributed by atoms with Crippen LogP contribution in [-0.2, 0) is 13.0 Å². The van der Waals surface area contributed by atoms with E-state index in [4.69, 9.17) is 9.78 Å². The third-order valence-electron chi connectivity index (χ3n) is 5.58. The summed E-state index contributed by atoms with van der Waals surface area (Å²) in [5.41, 5.74) is 3.64. The molecule has 3 aromatic rings. The Bertz CT molecular complexity index is 1040. The summed E-state index contributed by atoms with van der Waals surface area (Å²) >= 11 is 0. The van der Waals surface area contributed by atoms with Crippen molar-refractivity contribution in [1.82, 2.24) is 20.0 Å². The number of aromatic nitrogens is 3. The predicted octanol–water partition coefficient (Wildman–Crippen LogP) is 2.96. The minimum atomic E-state index is 0.150. The molecular formula is C21H20N6O. The smallest absolute Gasteiger partial charge is 0.258 e. The van der Waals surface area contributed by atoms with Crippen LogP contribution in [0.25, 0.3) is 11.5 Å². The molecule has 28 heavy (non-hydrogen) atoms. The van der Waals surface area contributed by atoms with E-state index >= 15 is 0 Å². The van der Waals surface area contributed by atoms with Gasteiger partial charge in [0.2, 0.25) is 0 Å². The Labute approximate surface area is 163 Å². The van der Waals surface area contributed by atoms with Crippen molar-refractivity contribution in [2.45, 2.75) is 25.3 Å². The normalized spacial score (nSPS) is 18.8. The predicted molar refractivity (Wildman–Crippen MR) is 103 cm³/mol. The Morgan fingerprint density at radius 1 is 1.14 bits per heavy atom. The van der Waals surface area contributed by atoms with Crippen LogP contribution < -0.4 is 4.90 Å². The fourth-order valence-electron chi connectivity index (χ4n) is 4.00. The molecule has 1 saturated heterocycles. The maximum Gasteiger partial charge on any atom is 0.258 e. The van der Waals surface area contributed by atoms with E-state index in [9.17, 15) is 0 Å². The molecule has 1 aromatic carbocycles. The molecule has 1 atom stereocenters. The molecule has 2 aromatic heterocycles. The van der Waals surface area contributed by atoms with Gasteiger partial charge in [-0.2, -0.15) is 10.2 Å². The van der Waals surface area contributed by atoms with E-state index in [1.54, 1.807) is 11.1 Å². The number of likely N-dealkylation sites (tertiary alicyclic amines) is 1. The number of rotatable bonds is 3. The lowest BCUT2D eigenvalue weighted by Gasteiger charge is -2.29. The van der Waals surface area contributed by atoms with Crippen molar-refractivity contribution in [2.24, 2.45) is 0 Å². The number of benzene rings is 1. The Morgan fingerprint density at radius 3 is 2.89 bits per heavy atom. The molecule has 4 heterocycles. The van der Waals surface area contributed by atoms with Gasteiger partial charge in [-0.25, -0.2) is 4.98 Å². The lowest BCUT2D eigenvalue weighted by molar-refractivity contribution is 0.413. The van der Waals surface area contributed by atoms with Crippen molar-refractivity contribution < 1.29 is 4.52 Å². The van der Waals surface area contributed by atoms with Crippen LogP contribution in [0.2, 0.25) is 0 Å². The first-order chi connectivity index (χ1) is 13.8. The Balaban J connectivity index is 1.36. The zero-order valence-corrected chi connectivity index (χ0v) is 15.5.